The van der Waals surface area contributed by atoms with E-state index in [1.165, 1.54) is 6.34 Å². The molecule has 0 radical (unpaired) electrons. The number of aliphatic imine (C=N–C) groups is 1. The van der Waals surface area contributed by atoms with E-state index in [9.17, 15) is 4.79 Å². The van der Waals surface area contributed by atoms with Gasteiger partial charge in [-0.25, -0.2) is 4.79 Å². The molecule has 4 nitrogen and oxygen atoms in total. The first-order valence-corrected chi connectivity index (χ1v) is 2.78. The van der Waals surface area contributed by atoms with E-state index >= 15 is 0 Å². The molecule has 0 saturated heterocycles. The van der Waals surface area contributed by atoms with Crippen molar-refractivity contribution in [1.29, 1.82) is 0 Å². The van der Waals surface area contributed by atoms with E-state index < -0.39 is 12.0 Å². The van der Waals surface area contributed by atoms with Gasteiger partial charge in [0.15, 0.2) is 0 Å². The maximum absolute atomic E-state index is 10.2. The average molecular weight is 165 g/mol. The Morgan fingerprint density at radius 2 is 2.50 bits per heavy atom. The predicted octanol–water partition coefficient (Wildman–Crippen LogP) is -0.117. The van der Waals surface area contributed by atoms with Gasteiger partial charge >= 0.3 is 5.97 Å². The third kappa shape index (κ3) is 2.23. The molecule has 58 valence electrons. The second-order valence-electron chi connectivity index (χ2n) is 1.88. The number of carbonyl (C=O) groups is 1. The lowest BCUT2D eigenvalue weighted by atomic mass is 10.2. The molecule has 5 heteroatoms. The number of hydrogen-bond donors (Lipinski definition) is 2. The Labute approximate surface area is 64.7 Å². The molecule has 0 saturated carbocycles. The van der Waals surface area contributed by atoms with Crippen LogP contribution in [0, 0.1) is 0 Å². The van der Waals surface area contributed by atoms with Crippen LogP contribution in [0.1, 0.15) is 6.42 Å². The fraction of sp³-hybridized carbons (Fsp3) is 0.600. The van der Waals surface area contributed by atoms with Crippen molar-refractivity contribution in [3.63, 3.8) is 0 Å². The highest BCUT2D eigenvalue weighted by atomic mass is 35.5. The highest BCUT2D eigenvalue weighted by Crippen LogP contribution is 1.95. The van der Waals surface area contributed by atoms with Crippen molar-refractivity contribution in [3.8, 4) is 0 Å². The van der Waals surface area contributed by atoms with E-state index in [0.29, 0.717) is 13.0 Å². The normalized spacial score (nSPS) is 22.6. The Balaban J connectivity index is 0.000000810. The van der Waals surface area contributed by atoms with Crippen molar-refractivity contribution < 1.29 is 9.90 Å². The van der Waals surface area contributed by atoms with Crippen LogP contribution in [0.2, 0.25) is 0 Å². The third-order valence-electron chi connectivity index (χ3n) is 1.21. The molecule has 0 spiro atoms. The summed E-state index contributed by atoms with van der Waals surface area (Å²) in [5.74, 6) is -0.804. The highest BCUT2D eigenvalue weighted by molar-refractivity contribution is 5.85. The van der Waals surface area contributed by atoms with Crippen LogP contribution in [-0.4, -0.2) is 30.0 Å². The highest BCUT2D eigenvalue weighted by Gasteiger charge is 2.16. The zero-order chi connectivity index (χ0) is 6.69. The van der Waals surface area contributed by atoms with E-state index in [2.05, 4.69) is 10.3 Å². The van der Waals surface area contributed by atoms with Crippen molar-refractivity contribution in [3.05, 3.63) is 0 Å². The van der Waals surface area contributed by atoms with Crippen molar-refractivity contribution in [1.82, 2.24) is 5.32 Å². The van der Waals surface area contributed by atoms with Crippen molar-refractivity contribution in [2.75, 3.05) is 6.54 Å². The summed E-state index contributed by atoms with van der Waals surface area (Å²) in [6.07, 6.45) is 2.04. The van der Waals surface area contributed by atoms with Gasteiger partial charge in [0, 0.05) is 6.54 Å². The molecule has 0 aromatic carbocycles. The first-order valence-electron chi connectivity index (χ1n) is 2.78. The topological polar surface area (TPSA) is 61.7 Å². The van der Waals surface area contributed by atoms with Gasteiger partial charge in [0.2, 0.25) is 0 Å². The van der Waals surface area contributed by atoms with E-state index in [-0.39, 0.29) is 12.4 Å². The minimum atomic E-state index is -0.804. The van der Waals surface area contributed by atoms with Gasteiger partial charge in [-0.2, -0.15) is 0 Å². The fourth-order valence-electron chi connectivity index (χ4n) is 0.689. The van der Waals surface area contributed by atoms with Crippen LogP contribution in [0.25, 0.3) is 0 Å². The number of halogens is 1. The number of carboxylic acid groups (broad SMARTS) is 1. The van der Waals surface area contributed by atoms with Crippen LogP contribution in [0.3, 0.4) is 0 Å². The summed E-state index contributed by atoms with van der Waals surface area (Å²) >= 11 is 0. The lowest BCUT2D eigenvalue weighted by Crippen LogP contribution is -2.38. The molecule has 1 aliphatic heterocycles. The third-order valence-corrected chi connectivity index (χ3v) is 1.21. The van der Waals surface area contributed by atoms with E-state index in [0.717, 1.165) is 0 Å². The number of nitrogens with zero attached hydrogens (tertiary/aromatic N) is 1. The summed E-state index contributed by atoms with van der Waals surface area (Å²) in [4.78, 5) is 14.0. The fourth-order valence-corrected chi connectivity index (χ4v) is 0.689. The summed E-state index contributed by atoms with van der Waals surface area (Å²) in [5.41, 5.74) is 0. The zero-order valence-corrected chi connectivity index (χ0v) is 6.10. The van der Waals surface area contributed by atoms with Gasteiger partial charge in [0.25, 0.3) is 0 Å². The molecule has 10 heavy (non-hydrogen) atoms. The van der Waals surface area contributed by atoms with Gasteiger partial charge in [-0.3, -0.25) is 4.99 Å². The SMILES string of the molecule is Cl.O=C(O)C1CCN=CN1. The van der Waals surface area contributed by atoms with Crippen LogP contribution in [0.5, 0.6) is 0 Å². The largest absolute Gasteiger partial charge is 0.480 e. The summed E-state index contributed by atoms with van der Waals surface area (Å²) in [7, 11) is 0. The Morgan fingerprint density at radius 1 is 1.80 bits per heavy atom. The quantitative estimate of drug-likeness (QED) is 0.568. The maximum atomic E-state index is 10.2. The number of rotatable bonds is 1. The lowest BCUT2D eigenvalue weighted by molar-refractivity contribution is -0.139. The molecule has 0 aliphatic carbocycles. The molecular formula is C5H9ClN2O2. The Morgan fingerprint density at radius 3 is 2.80 bits per heavy atom. The van der Waals surface area contributed by atoms with Crippen LogP contribution >= 0.6 is 12.4 Å². The summed E-state index contributed by atoms with van der Waals surface area (Å²) in [6, 6.07) is -0.428. The molecule has 0 fully saturated rings. The molecule has 1 heterocycles. The van der Waals surface area contributed by atoms with Gasteiger partial charge in [-0.05, 0) is 6.42 Å². The second kappa shape index (κ2) is 4.11. The van der Waals surface area contributed by atoms with Gasteiger partial charge in [0.05, 0.1) is 6.34 Å². The van der Waals surface area contributed by atoms with Crippen LogP contribution in [0.4, 0.5) is 0 Å². The number of carboxylic acids is 1. The molecule has 1 atom stereocenters. The molecule has 0 aromatic rings. The number of nitrogens with one attached hydrogen (secondary N) is 1. The molecular weight excluding hydrogens is 156 g/mol. The molecule has 0 bridgehead atoms. The van der Waals surface area contributed by atoms with Crippen LogP contribution < -0.4 is 5.32 Å². The molecule has 0 aromatic heterocycles. The first-order chi connectivity index (χ1) is 4.30. The standard InChI is InChI=1S/C5H8N2O2.ClH/c8-5(9)4-1-2-6-3-7-4;/h3-4H,1-2H2,(H,6,7)(H,8,9);1H. The smallest absolute Gasteiger partial charge is 0.326 e. The maximum Gasteiger partial charge on any atom is 0.326 e. The molecule has 2 N–H and O–H groups in total. The monoisotopic (exact) mass is 164 g/mol. The predicted molar refractivity (Wildman–Crippen MR) is 39.8 cm³/mol. The number of hydrogen-bond acceptors (Lipinski definition) is 3. The molecule has 0 amide bonds. The zero-order valence-electron chi connectivity index (χ0n) is 5.28. The molecule has 1 rings (SSSR count). The average Bonchev–Trinajstić information content (AvgIpc) is 1.90. The summed E-state index contributed by atoms with van der Waals surface area (Å²) < 4.78 is 0. The van der Waals surface area contributed by atoms with Crippen molar-refractivity contribution in [2.24, 2.45) is 4.99 Å². The Bertz CT molecular complexity index is 149. The van der Waals surface area contributed by atoms with E-state index in [1.807, 2.05) is 0 Å². The summed E-state index contributed by atoms with van der Waals surface area (Å²) in [5, 5.41) is 11.0. The van der Waals surface area contributed by atoms with Gasteiger partial charge in [-0.15, -0.1) is 12.4 Å². The van der Waals surface area contributed by atoms with Gasteiger partial charge in [-0.1, -0.05) is 0 Å². The first kappa shape index (κ1) is 9.23. The Kier molecular flexibility index (Phi) is 3.79. The minimum absolute atomic E-state index is 0. The Hall–Kier alpha value is -0.770. The summed E-state index contributed by atoms with van der Waals surface area (Å²) in [6.45, 7) is 0.615. The second-order valence-corrected chi connectivity index (χ2v) is 1.88. The van der Waals surface area contributed by atoms with Crippen molar-refractivity contribution in [2.45, 2.75) is 12.5 Å². The molecule has 1 aliphatic rings. The lowest BCUT2D eigenvalue weighted by Gasteiger charge is -2.13. The van der Waals surface area contributed by atoms with Gasteiger partial charge in [0.1, 0.15) is 6.04 Å². The van der Waals surface area contributed by atoms with Gasteiger partial charge < -0.3 is 10.4 Å². The van der Waals surface area contributed by atoms with E-state index in [4.69, 9.17) is 5.11 Å². The van der Waals surface area contributed by atoms with Crippen molar-refractivity contribution >= 4 is 24.7 Å². The molecule has 1 unspecified atom stereocenters. The van der Waals surface area contributed by atoms with E-state index in [1.54, 1.807) is 0 Å². The minimum Gasteiger partial charge on any atom is -0.480 e. The van der Waals surface area contributed by atoms with Crippen LogP contribution in [-0.2, 0) is 4.79 Å². The van der Waals surface area contributed by atoms with Crippen LogP contribution in [0.15, 0.2) is 4.99 Å². The number of aliphatic carboxylic acids is 1.